The van der Waals surface area contributed by atoms with Crippen molar-refractivity contribution < 1.29 is 4.79 Å². The standard InChI is InChI=1S/C29H26N8OS/c1-29(2,3)22-17-23(36-35-22)33-27-30-13-12-21(32-27)25-24(34-28-37(25)14-15-39-28)19-10-7-11-20(16-19)31-26(38)18-8-5-4-6-9-18/h4-17H,1-3H3,(H,31,38)(H2,30,32,33,35,36). The maximum Gasteiger partial charge on any atom is 0.255 e. The van der Waals surface area contributed by atoms with Crippen molar-refractivity contribution in [2.45, 2.75) is 26.2 Å². The minimum atomic E-state index is -0.168. The summed E-state index contributed by atoms with van der Waals surface area (Å²) in [7, 11) is 0. The van der Waals surface area contributed by atoms with Gasteiger partial charge in [-0.2, -0.15) is 5.10 Å². The number of imidazole rings is 1. The second-order valence-electron chi connectivity index (χ2n) is 10.1. The summed E-state index contributed by atoms with van der Waals surface area (Å²) in [5.41, 5.74) is 5.32. The normalized spacial score (nSPS) is 11.6. The lowest BCUT2D eigenvalue weighted by molar-refractivity contribution is 0.102. The molecule has 10 heteroatoms. The van der Waals surface area contributed by atoms with Crippen molar-refractivity contribution in [3.05, 3.63) is 95.8 Å². The number of nitrogens with zero attached hydrogens (tertiary/aromatic N) is 5. The Hall–Kier alpha value is -4.83. The van der Waals surface area contributed by atoms with Gasteiger partial charge in [-0.25, -0.2) is 15.0 Å². The number of benzene rings is 2. The fourth-order valence-corrected chi connectivity index (χ4v) is 4.92. The molecular weight excluding hydrogens is 508 g/mol. The SMILES string of the molecule is CC(C)(C)c1cc(Nc2nccc(-c3c(-c4cccc(NC(=O)c5ccccc5)c4)nc4sccn34)n2)[nH]n1. The molecule has 0 unspecified atom stereocenters. The number of nitrogens with one attached hydrogen (secondary N) is 3. The van der Waals surface area contributed by atoms with Gasteiger partial charge in [0.15, 0.2) is 4.96 Å². The van der Waals surface area contributed by atoms with Crippen LogP contribution in [0.3, 0.4) is 0 Å². The number of anilines is 3. The summed E-state index contributed by atoms with van der Waals surface area (Å²) in [6.45, 7) is 6.33. The van der Waals surface area contributed by atoms with E-state index in [1.807, 2.05) is 70.6 Å². The van der Waals surface area contributed by atoms with E-state index in [0.29, 0.717) is 28.7 Å². The van der Waals surface area contributed by atoms with Crippen molar-refractivity contribution in [2.24, 2.45) is 0 Å². The number of aromatic amines is 1. The number of hydrogen-bond donors (Lipinski definition) is 3. The molecule has 4 aromatic heterocycles. The molecule has 4 heterocycles. The number of hydrogen-bond acceptors (Lipinski definition) is 7. The van der Waals surface area contributed by atoms with E-state index in [1.165, 1.54) is 0 Å². The van der Waals surface area contributed by atoms with E-state index < -0.39 is 0 Å². The van der Waals surface area contributed by atoms with Crippen molar-refractivity contribution in [3.8, 4) is 22.6 Å². The predicted octanol–water partition coefficient (Wildman–Crippen LogP) is 6.54. The number of carbonyl (C=O) groups excluding carboxylic acids is 1. The van der Waals surface area contributed by atoms with Gasteiger partial charge in [0, 0.05) is 46.1 Å². The van der Waals surface area contributed by atoms with Crippen molar-refractivity contribution in [3.63, 3.8) is 0 Å². The molecule has 6 aromatic rings. The highest BCUT2D eigenvalue weighted by molar-refractivity contribution is 7.15. The Labute approximate surface area is 229 Å². The topological polar surface area (TPSA) is 113 Å². The number of fused-ring (bicyclic) bond motifs is 1. The van der Waals surface area contributed by atoms with Crippen LogP contribution in [0.2, 0.25) is 0 Å². The summed E-state index contributed by atoms with van der Waals surface area (Å²) in [6, 6.07) is 20.7. The van der Waals surface area contributed by atoms with Crippen LogP contribution in [-0.2, 0) is 5.41 Å². The minimum Gasteiger partial charge on any atom is -0.322 e. The molecule has 6 rings (SSSR count). The van der Waals surface area contributed by atoms with Crippen LogP contribution in [0.4, 0.5) is 17.5 Å². The van der Waals surface area contributed by atoms with E-state index in [-0.39, 0.29) is 11.3 Å². The molecule has 0 spiro atoms. The summed E-state index contributed by atoms with van der Waals surface area (Å²) in [6.07, 6.45) is 3.70. The van der Waals surface area contributed by atoms with E-state index >= 15 is 0 Å². The zero-order chi connectivity index (χ0) is 27.0. The smallest absolute Gasteiger partial charge is 0.255 e. The first kappa shape index (κ1) is 24.5. The summed E-state index contributed by atoms with van der Waals surface area (Å²) in [5.74, 6) is 0.989. The van der Waals surface area contributed by atoms with Gasteiger partial charge in [0.2, 0.25) is 5.95 Å². The van der Waals surface area contributed by atoms with E-state index in [0.717, 1.165) is 27.6 Å². The summed E-state index contributed by atoms with van der Waals surface area (Å²) < 4.78 is 2.02. The average Bonchev–Trinajstić information content (AvgIpc) is 3.66. The Bertz CT molecular complexity index is 1780. The van der Waals surface area contributed by atoms with E-state index in [2.05, 4.69) is 46.6 Å². The van der Waals surface area contributed by atoms with Crippen molar-refractivity contribution >= 4 is 39.7 Å². The lowest BCUT2D eigenvalue weighted by Gasteiger charge is -2.13. The Morgan fingerprint density at radius 2 is 1.85 bits per heavy atom. The Kier molecular flexibility index (Phi) is 6.16. The summed E-state index contributed by atoms with van der Waals surface area (Å²) in [5, 5.41) is 15.6. The molecule has 0 saturated heterocycles. The maximum atomic E-state index is 12.7. The molecule has 1 amide bonds. The summed E-state index contributed by atoms with van der Waals surface area (Å²) >= 11 is 1.55. The van der Waals surface area contributed by atoms with Crippen LogP contribution in [0.25, 0.3) is 27.6 Å². The number of rotatable bonds is 6. The average molecular weight is 535 g/mol. The van der Waals surface area contributed by atoms with E-state index in [4.69, 9.17) is 9.97 Å². The molecule has 0 bridgehead atoms. The molecule has 0 fully saturated rings. The molecule has 2 aromatic carbocycles. The molecule has 0 atom stereocenters. The predicted molar refractivity (Wildman–Crippen MR) is 154 cm³/mol. The first-order valence-electron chi connectivity index (χ1n) is 12.4. The van der Waals surface area contributed by atoms with E-state index in [1.54, 1.807) is 29.7 Å². The van der Waals surface area contributed by atoms with E-state index in [9.17, 15) is 4.79 Å². The zero-order valence-corrected chi connectivity index (χ0v) is 22.5. The number of carbonyl (C=O) groups is 1. The molecule has 0 aliphatic rings. The van der Waals surface area contributed by atoms with Crippen LogP contribution in [0, 0.1) is 0 Å². The van der Waals surface area contributed by atoms with Gasteiger partial charge in [0.05, 0.1) is 17.1 Å². The third kappa shape index (κ3) is 5.01. The molecule has 0 saturated carbocycles. The highest BCUT2D eigenvalue weighted by Gasteiger charge is 2.20. The zero-order valence-electron chi connectivity index (χ0n) is 21.6. The molecule has 39 heavy (non-hydrogen) atoms. The van der Waals surface area contributed by atoms with Gasteiger partial charge in [0.1, 0.15) is 11.5 Å². The first-order valence-corrected chi connectivity index (χ1v) is 13.3. The van der Waals surface area contributed by atoms with Gasteiger partial charge in [-0.3, -0.25) is 14.3 Å². The fourth-order valence-electron chi connectivity index (χ4n) is 4.21. The van der Waals surface area contributed by atoms with Crippen LogP contribution >= 0.6 is 11.3 Å². The second kappa shape index (κ2) is 9.80. The highest BCUT2D eigenvalue weighted by Crippen LogP contribution is 2.35. The Morgan fingerprint density at radius 3 is 2.64 bits per heavy atom. The first-order chi connectivity index (χ1) is 18.8. The molecular formula is C29H26N8OS. The van der Waals surface area contributed by atoms with Gasteiger partial charge in [0.25, 0.3) is 5.91 Å². The van der Waals surface area contributed by atoms with Gasteiger partial charge in [-0.15, -0.1) is 11.3 Å². The molecule has 3 N–H and O–H groups in total. The molecule has 0 aliphatic carbocycles. The highest BCUT2D eigenvalue weighted by atomic mass is 32.1. The van der Waals surface area contributed by atoms with Crippen molar-refractivity contribution in [1.29, 1.82) is 0 Å². The Balaban J connectivity index is 1.34. The monoisotopic (exact) mass is 534 g/mol. The molecule has 194 valence electrons. The van der Waals surface area contributed by atoms with Crippen LogP contribution in [0.15, 0.2) is 84.5 Å². The van der Waals surface area contributed by atoms with Crippen LogP contribution in [-0.4, -0.2) is 35.5 Å². The van der Waals surface area contributed by atoms with Gasteiger partial charge in [-0.1, -0.05) is 51.1 Å². The quantitative estimate of drug-likeness (QED) is 0.224. The van der Waals surface area contributed by atoms with Gasteiger partial charge in [-0.05, 0) is 30.3 Å². The molecule has 0 radical (unpaired) electrons. The van der Waals surface area contributed by atoms with Crippen LogP contribution in [0.1, 0.15) is 36.8 Å². The lowest BCUT2D eigenvalue weighted by atomic mass is 9.92. The number of aromatic nitrogens is 6. The largest absolute Gasteiger partial charge is 0.322 e. The summed E-state index contributed by atoms with van der Waals surface area (Å²) in [4.78, 5) is 27.7. The number of thiazole rings is 1. The third-order valence-electron chi connectivity index (χ3n) is 6.18. The van der Waals surface area contributed by atoms with Gasteiger partial charge < -0.3 is 10.6 Å². The van der Waals surface area contributed by atoms with Crippen LogP contribution in [0.5, 0.6) is 0 Å². The number of H-pyrrole nitrogens is 1. The maximum absolute atomic E-state index is 12.7. The van der Waals surface area contributed by atoms with Crippen molar-refractivity contribution in [1.82, 2.24) is 29.5 Å². The van der Waals surface area contributed by atoms with Gasteiger partial charge >= 0.3 is 0 Å². The molecule has 0 aliphatic heterocycles. The second-order valence-corrected chi connectivity index (χ2v) is 10.9. The fraction of sp³-hybridized carbons (Fsp3) is 0.138. The Morgan fingerprint density at radius 1 is 1.00 bits per heavy atom. The molecule has 9 nitrogen and oxygen atoms in total. The third-order valence-corrected chi connectivity index (χ3v) is 6.94. The lowest BCUT2D eigenvalue weighted by Crippen LogP contribution is -2.11. The van der Waals surface area contributed by atoms with Crippen LogP contribution < -0.4 is 10.6 Å². The minimum absolute atomic E-state index is 0.0781. The number of amides is 1. The van der Waals surface area contributed by atoms with Crippen molar-refractivity contribution in [2.75, 3.05) is 10.6 Å².